The Hall–Kier alpha value is -3.16. The van der Waals surface area contributed by atoms with E-state index in [1.54, 1.807) is 54.6 Å². The van der Waals surface area contributed by atoms with Gasteiger partial charge in [-0.15, -0.1) is 0 Å². The highest BCUT2D eigenvalue weighted by atomic mass is 16.5. The van der Waals surface area contributed by atoms with Gasteiger partial charge in [0.15, 0.2) is 5.82 Å². The van der Waals surface area contributed by atoms with Gasteiger partial charge < -0.3 is 14.7 Å². The molecule has 0 aliphatic heterocycles. The van der Waals surface area contributed by atoms with Gasteiger partial charge in [0.2, 0.25) is 0 Å². The summed E-state index contributed by atoms with van der Waals surface area (Å²) in [6, 6.07) is 6.84. The van der Waals surface area contributed by atoms with E-state index in [2.05, 4.69) is 20.6 Å². The molecule has 3 rings (SSSR count). The average molecular weight is 312 g/mol. The Kier molecular flexibility index (Phi) is 4.05. The minimum absolute atomic E-state index is 0.271. The maximum Gasteiger partial charge on any atom is 0.322 e. The average Bonchev–Trinajstić information content (AvgIpc) is 3.19. The van der Waals surface area contributed by atoms with Crippen LogP contribution in [-0.4, -0.2) is 37.9 Å². The molecule has 0 saturated heterocycles. The number of nitrogens with zero attached hydrogens (tertiary/aromatic N) is 5. The topological polar surface area (TPSA) is 89.1 Å². The second-order valence-electron chi connectivity index (χ2n) is 5.04. The molecule has 0 saturated carbocycles. The molecule has 2 amide bonds. The number of carbonyl (C=O) groups excluding carboxylic acids is 1. The van der Waals surface area contributed by atoms with Gasteiger partial charge in [0.1, 0.15) is 11.5 Å². The van der Waals surface area contributed by atoms with Gasteiger partial charge in [0.25, 0.3) is 0 Å². The van der Waals surface area contributed by atoms with E-state index in [-0.39, 0.29) is 6.03 Å². The van der Waals surface area contributed by atoms with Crippen LogP contribution in [0.3, 0.4) is 0 Å². The van der Waals surface area contributed by atoms with Gasteiger partial charge in [-0.1, -0.05) is 5.16 Å². The Morgan fingerprint density at radius 3 is 2.96 bits per heavy atom. The van der Waals surface area contributed by atoms with Gasteiger partial charge in [-0.3, -0.25) is 0 Å². The van der Waals surface area contributed by atoms with Crippen molar-refractivity contribution in [3.8, 4) is 5.82 Å². The second-order valence-corrected chi connectivity index (χ2v) is 5.04. The molecule has 3 aromatic rings. The van der Waals surface area contributed by atoms with Crippen LogP contribution in [0.2, 0.25) is 0 Å². The predicted octanol–water partition coefficient (Wildman–Crippen LogP) is 2.23. The highest BCUT2D eigenvalue weighted by molar-refractivity contribution is 5.90. The number of aromatic nitrogens is 4. The molecule has 0 radical (unpaired) electrons. The van der Waals surface area contributed by atoms with Gasteiger partial charge in [0.05, 0.1) is 12.2 Å². The summed E-state index contributed by atoms with van der Waals surface area (Å²) in [7, 11) is 1.68. The third-order valence-electron chi connectivity index (χ3n) is 3.17. The van der Waals surface area contributed by atoms with Crippen LogP contribution in [0.4, 0.5) is 10.5 Å². The monoisotopic (exact) mass is 312 g/mol. The molecule has 0 aliphatic carbocycles. The third-order valence-corrected chi connectivity index (χ3v) is 3.17. The number of carbonyl (C=O) groups is 1. The Morgan fingerprint density at radius 2 is 2.26 bits per heavy atom. The molecule has 0 aliphatic rings. The highest BCUT2D eigenvalue weighted by Crippen LogP contribution is 2.17. The van der Waals surface area contributed by atoms with E-state index in [0.29, 0.717) is 29.5 Å². The van der Waals surface area contributed by atoms with Crippen LogP contribution >= 0.6 is 0 Å². The molecule has 0 fully saturated rings. The van der Waals surface area contributed by atoms with E-state index in [4.69, 9.17) is 4.52 Å². The first-order valence-electron chi connectivity index (χ1n) is 7.03. The number of pyridine rings is 1. The van der Waals surface area contributed by atoms with Crippen LogP contribution in [0, 0.1) is 6.92 Å². The smallest absolute Gasteiger partial charge is 0.322 e. The Morgan fingerprint density at radius 1 is 1.39 bits per heavy atom. The first-order valence-corrected chi connectivity index (χ1v) is 7.03. The summed E-state index contributed by atoms with van der Waals surface area (Å²) in [4.78, 5) is 18.1. The third kappa shape index (κ3) is 3.37. The number of amides is 2. The molecule has 1 N–H and O–H groups in total. The van der Waals surface area contributed by atoms with Gasteiger partial charge in [-0.05, 0) is 25.1 Å². The minimum atomic E-state index is -0.271. The van der Waals surface area contributed by atoms with E-state index in [9.17, 15) is 4.79 Å². The SMILES string of the molecule is Cc1cc(CN(C)C(=O)Nc2cccnc2-n2cccn2)no1. The molecule has 0 aromatic carbocycles. The molecule has 3 heterocycles. The summed E-state index contributed by atoms with van der Waals surface area (Å²) >= 11 is 0. The van der Waals surface area contributed by atoms with E-state index in [1.807, 2.05) is 6.92 Å². The molecule has 8 heteroatoms. The van der Waals surface area contributed by atoms with Gasteiger partial charge >= 0.3 is 6.03 Å². The molecule has 3 aromatic heterocycles. The highest BCUT2D eigenvalue weighted by Gasteiger charge is 2.14. The van der Waals surface area contributed by atoms with Gasteiger partial charge in [0, 0.05) is 31.7 Å². The van der Waals surface area contributed by atoms with Crippen molar-refractivity contribution in [3.63, 3.8) is 0 Å². The Labute approximate surface area is 132 Å². The van der Waals surface area contributed by atoms with Crippen molar-refractivity contribution in [1.29, 1.82) is 0 Å². The normalized spacial score (nSPS) is 10.5. The van der Waals surface area contributed by atoms with Crippen molar-refractivity contribution in [2.24, 2.45) is 0 Å². The zero-order valence-electron chi connectivity index (χ0n) is 12.8. The van der Waals surface area contributed by atoms with Crippen molar-refractivity contribution in [2.75, 3.05) is 12.4 Å². The molecule has 118 valence electrons. The van der Waals surface area contributed by atoms with Crippen LogP contribution in [-0.2, 0) is 6.54 Å². The number of urea groups is 1. The summed E-state index contributed by atoms with van der Waals surface area (Å²) in [5, 5.41) is 10.8. The van der Waals surface area contributed by atoms with Crippen LogP contribution in [0.25, 0.3) is 5.82 Å². The first kappa shape index (κ1) is 14.8. The maximum atomic E-state index is 12.3. The molecule has 0 bridgehead atoms. The van der Waals surface area contributed by atoms with Crippen molar-refractivity contribution in [2.45, 2.75) is 13.5 Å². The minimum Gasteiger partial charge on any atom is -0.361 e. The molecular formula is C15H16N6O2. The summed E-state index contributed by atoms with van der Waals surface area (Å²) in [6.45, 7) is 2.16. The molecule has 23 heavy (non-hydrogen) atoms. The van der Waals surface area contributed by atoms with Crippen molar-refractivity contribution >= 4 is 11.7 Å². The fraction of sp³-hybridized carbons (Fsp3) is 0.200. The maximum absolute atomic E-state index is 12.3. The largest absolute Gasteiger partial charge is 0.361 e. The van der Waals surface area contributed by atoms with Crippen LogP contribution in [0.5, 0.6) is 0 Å². The fourth-order valence-corrected chi connectivity index (χ4v) is 2.09. The number of rotatable bonds is 4. The molecule has 0 atom stereocenters. The standard InChI is InChI=1S/C15H16N6O2/c1-11-9-12(19-23-11)10-20(2)15(22)18-13-5-3-6-16-14(13)21-8-4-7-17-21/h3-9H,10H2,1-2H3,(H,18,22). The lowest BCUT2D eigenvalue weighted by atomic mass is 10.3. The number of aryl methyl sites for hydroxylation is 1. The van der Waals surface area contributed by atoms with Crippen molar-refractivity contribution in [1.82, 2.24) is 24.8 Å². The molecule has 0 unspecified atom stereocenters. The van der Waals surface area contributed by atoms with Gasteiger partial charge in [-0.25, -0.2) is 14.5 Å². The first-order chi connectivity index (χ1) is 11.1. The zero-order chi connectivity index (χ0) is 16.2. The predicted molar refractivity (Wildman–Crippen MR) is 83.1 cm³/mol. The second kappa shape index (κ2) is 6.30. The quantitative estimate of drug-likeness (QED) is 0.798. The lowest BCUT2D eigenvalue weighted by Crippen LogP contribution is -2.31. The van der Waals surface area contributed by atoms with E-state index < -0.39 is 0 Å². The Bertz CT molecular complexity index is 796. The molecular weight excluding hydrogens is 296 g/mol. The molecule has 0 spiro atoms. The fourth-order valence-electron chi connectivity index (χ4n) is 2.09. The molecule has 8 nitrogen and oxygen atoms in total. The van der Waals surface area contributed by atoms with E-state index >= 15 is 0 Å². The Balaban J connectivity index is 1.73. The van der Waals surface area contributed by atoms with Gasteiger partial charge in [-0.2, -0.15) is 5.10 Å². The van der Waals surface area contributed by atoms with Crippen molar-refractivity contribution < 1.29 is 9.32 Å². The summed E-state index contributed by atoms with van der Waals surface area (Å²) < 4.78 is 6.60. The van der Waals surface area contributed by atoms with Crippen molar-refractivity contribution in [3.05, 3.63) is 54.3 Å². The zero-order valence-corrected chi connectivity index (χ0v) is 12.8. The summed E-state index contributed by atoms with van der Waals surface area (Å²) in [6.07, 6.45) is 5.06. The number of anilines is 1. The van der Waals surface area contributed by atoms with Crippen LogP contribution < -0.4 is 5.32 Å². The van der Waals surface area contributed by atoms with Crippen LogP contribution in [0.15, 0.2) is 47.4 Å². The number of hydrogen-bond donors (Lipinski definition) is 1. The lowest BCUT2D eigenvalue weighted by Gasteiger charge is -2.17. The number of nitrogens with one attached hydrogen (secondary N) is 1. The lowest BCUT2D eigenvalue weighted by molar-refractivity contribution is 0.219. The number of hydrogen-bond acceptors (Lipinski definition) is 5. The van der Waals surface area contributed by atoms with E-state index in [1.165, 1.54) is 4.90 Å². The van der Waals surface area contributed by atoms with E-state index in [0.717, 1.165) is 0 Å². The summed E-state index contributed by atoms with van der Waals surface area (Å²) in [5.41, 5.74) is 1.27. The summed E-state index contributed by atoms with van der Waals surface area (Å²) in [5.74, 6) is 1.26. The van der Waals surface area contributed by atoms with Crippen LogP contribution in [0.1, 0.15) is 11.5 Å².